The van der Waals surface area contributed by atoms with Gasteiger partial charge < -0.3 is 5.32 Å². The first-order valence-corrected chi connectivity index (χ1v) is 9.93. The third-order valence-electron chi connectivity index (χ3n) is 3.24. The Morgan fingerprint density at radius 2 is 1.88 bits per heavy atom. The highest BCUT2D eigenvalue weighted by Gasteiger charge is 2.32. The highest BCUT2D eigenvalue weighted by Crippen LogP contribution is 2.16. The molecule has 0 radical (unpaired) electrons. The molecule has 1 aliphatic heterocycles. The molecule has 0 saturated heterocycles. The number of carbonyl (C=O) groups excluding carboxylic acids is 3. The van der Waals surface area contributed by atoms with Gasteiger partial charge in [0.15, 0.2) is 5.25 Å². The smallest absolute Gasteiger partial charge is 0.279 e. The maximum absolute atomic E-state index is 12.2. The molecule has 0 aromatic heterocycles. The van der Waals surface area contributed by atoms with Crippen molar-refractivity contribution in [3.8, 4) is 0 Å². The van der Waals surface area contributed by atoms with Crippen LogP contribution in [0.2, 0.25) is 0 Å². The van der Waals surface area contributed by atoms with E-state index in [9.17, 15) is 22.8 Å². The van der Waals surface area contributed by atoms with Gasteiger partial charge in [-0.15, -0.1) is 0 Å². The second-order valence-corrected chi connectivity index (χ2v) is 8.88. The van der Waals surface area contributed by atoms with Gasteiger partial charge in [-0.05, 0) is 17.4 Å². The quantitative estimate of drug-likeness (QED) is 0.418. The lowest BCUT2D eigenvalue weighted by molar-refractivity contribution is -0.137. The Hall–Kier alpha value is -1.39. The zero-order valence-corrected chi connectivity index (χ0v) is 15.5. The minimum absolute atomic E-state index is 0.0170. The first kappa shape index (κ1) is 20.7. The molecule has 0 aromatic rings. The molecule has 0 saturated carbocycles. The predicted molar refractivity (Wildman–Crippen MR) is 90.8 cm³/mol. The number of imide groups is 1. The van der Waals surface area contributed by atoms with Crippen LogP contribution in [0.15, 0.2) is 12.2 Å². The van der Waals surface area contributed by atoms with Crippen LogP contribution in [-0.2, 0) is 28.7 Å². The third-order valence-corrected chi connectivity index (χ3v) is 5.99. The Labute approximate surface area is 146 Å². The summed E-state index contributed by atoms with van der Waals surface area (Å²) in [7, 11) is -3.00. The molecule has 1 N–H and O–H groups in total. The lowest BCUT2D eigenvalue weighted by Gasteiger charge is -2.18. The first-order valence-electron chi connectivity index (χ1n) is 7.41. The Morgan fingerprint density at radius 1 is 1.29 bits per heavy atom. The van der Waals surface area contributed by atoms with E-state index in [2.05, 4.69) is 9.50 Å². The zero-order chi connectivity index (χ0) is 18.3. The Kier molecular flexibility index (Phi) is 7.91. The van der Waals surface area contributed by atoms with Gasteiger partial charge >= 0.3 is 0 Å². The lowest BCUT2D eigenvalue weighted by Crippen LogP contribution is -2.44. The van der Waals surface area contributed by atoms with Gasteiger partial charge in [-0.3, -0.25) is 23.5 Å². The van der Waals surface area contributed by atoms with Crippen LogP contribution in [-0.4, -0.2) is 67.5 Å². The Morgan fingerprint density at radius 3 is 2.38 bits per heavy atom. The normalized spacial score (nSPS) is 16.1. The van der Waals surface area contributed by atoms with Crippen molar-refractivity contribution in [3.63, 3.8) is 0 Å². The average molecular weight is 378 g/mol. The fourth-order valence-electron chi connectivity index (χ4n) is 1.99. The van der Waals surface area contributed by atoms with Gasteiger partial charge in [0.1, 0.15) is 0 Å². The monoisotopic (exact) mass is 378 g/mol. The molecular weight excluding hydrogens is 356 g/mol. The van der Waals surface area contributed by atoms with Crippen molar-refractivity contribution in [2.24, 2.45) is 0 Å². The van der Waals surface area contributed by atoms with Crippen molar-refractivity contribution in [2.75, 3.05) is 26.0 Å². The molecule has 1 atom stereocenters. The summed E-state index contributed by atoms with van der Waals surface area (Å²) in [5, 5.41) is 1.44. The highest BCUT2D eigenvalue weighted by molar-refractivity contribution is 7.99. The minimum Gasteiger partial charge on any atom is -0.353 e. The summed E-state index contributed by atoms with van der Waals surface area (Å²) in [5.74, 6) is -1.12. The number of nitrogens with one attached hydrogen (secondary N) is 1. The highest BCUT2D eigenvalue weighted by atomic mass is 32.2. The van der Waals surface area contributed by atoms with Gasteiger partial charge in [0.2, 0.25) is 5.91 Å². The first-order chi connectivity index (χ1) is 11.2. The summed E-state index contributed by atoms with van der Waals surface area (Å²) in [6.07, 6.45) is 2.41. The fraction of sp³-hybridized carbons (Fsp3) is 0.643. The number of rotatable bonds is 10. The predicted octanol–water partition coefficient (Wildman–Crippen LogP) is -0.0959. The van der Waals surface area contributed by atoms with E-state index >= 15 is 0 Å². The molecule has 10 heteroatoms. The lowest BCUT2D eigenvalue weighted by atomic mass is 10.3. The summed E-state index contributed by atoms with van der Waals surface area (Å²) in [5.41, 5.74) is 0. The molecule has 1 rings (SSSR count). The molecule has 1 unspecified atom stereocenters. The molecule has 3 amide bonds. The van der Waals surface area contributed by atoms with Crippen LogP contribution in [0.4, 0.5) is 0 Å². The second-order valence-electron chi connectivity index (χ2n) is 5.31. The van der Waals surface area contributed by atoms with Gasteiger partial charge in [-0.2, -0.15) is 20.2 Å². The molecule has 8 nitrogen and oxygen atoms in total. The van der Waals surface area contributed by atoms with E-state index in [1.54, 1.807) is 11.8 Å². The average Bonchev–Trinajstić information content (AvgIpc) is 2.82. The van der Waals surface area contributed by atoms with Crippen molar-refractivity contribution < 1.29 is 27.0 Å². The maximum Gasteiger partial charge on any atom is 0.279 e. The zero-order valence-electron chi connectivity index (χ0n) is 13.9. The number of carbonyl (C=O) groups is 3. The SMILES string of the molecule is COS(=O)(=O)C(CCSC(C)C)C(=O)NCCN1C(=O)C=CC1=O. The van der Waals surface area contributed by atoms with E-state index in [-0.39, 0.29) is 19.5 Å². The van der Waals surface area contributed by atoms with Gasteiger partial charge in [0.05, 0.1) is 7.11 Å². The Bertz CT molecular complexity index is 597. The number of nitrogens with zero attached hydrogens (tertiary/aromatic N) is 1. The second kappa shape index (κ2) is 9.19. The molecule has 0 aromatic carbocycles. The standard InChI is InChI=1S/C14H22N2O6S2/c1-10(2)23-9-6-11(24(20,21)22-3)14(19)15-7-8-16-12(17)4-5-13(16)18/h4-5,10-11H,6-9H2,1-3H3,(H,15,19). The molecule has 0 spiro atoms. The van der Waals surface area contributed by atoms with Gasteiger partial charge in [0.25, 0.3) is 21.9 Å². The van der Waals surface area contributed by atoms with E-state index in [0.29, 0.717) is 11.0 Å². The largest absolute Gasteiger partial charge is 0.353 e. The molecule has 136 valence electrons. The maximum atomic E-state index is 12.2. The van der Waals surface area contributed by atoms with Gasteiger partial charge in [-0.25, -0.2) is 0 Å². The van der Waals surface area contributed by atoms with Crippen LogP contribution in [0.5, 0.6) is 0 Å². The molecule has 0 bridgehead atoms. The summed E-state index contributed by atoms with van der Waals surface area (Å²) in [6.45, 7) is 3.91. The van der Waals surface area contributed by atoms with Crippen LogP contribution in [0.25, 0.3) is 0 Å². The van der Waals surface area contributed by atoms with Crippen molar-refractivity contribution in [2.45, 2.75) is 30.8 Å². The summed E-state index contributed by atoms with van der Waals surface area (Å²) >= 11 is 1.54. The van der Waals surface area contributed by atoms with E-state index in [1.807, 2.05) is 13.8 Å². The van der Waals surface area contributed by atoms with E-state index in [4.69, 9.17) is 0 Å². The van der Waals surface area contributed by atoms with E-state index in [1.165, 1.54) is 0 Å². The van der Waals surface area contributed by atoms with Crippen LogP contribution in [0.3, 0.4) is 0 Å². The third kappa shape index (κ3) is 5.91. The van der Waals surface area contributed by atoms with Crippen LogP contribution >= 0.6 is 11.8 Å². The number of thioether (sulfide) groups is 1. The molecule has 0 fully saturated rings. The van der Waals surface area contributed by atoms with Crippen LogP contribution in [0.1, 0.15) is 20.3 Å². The topological polar surface area (TPSA) is 110 Å². The molecule has 1 heterocycles. The summed E-state index contributed by atoms with van der Waals surface area (Å²) in [6, 6.07) is 0. The number of amides is 3. The van der Waals surface area contributed by atoms with Crippen LogP contribution in [0, 0.1) is 0 Å². The van der Waals surface area contributed by atoms with Crippen molar-refractivity contribution >= 4 is 39.6 Å². The van der Waals surface area contributed by atoms with E-state index < -0.39 is 33.1 Å². The summed E-state index contributed by atoms with van der Waals surface area (Å²) < 4.78 is 28.3. The van der Waals surface area contributed by atoms with Gasteiger partial charge in [-0.1, -0.05) is 13.8 Å². The molecule has 1 aliphatic rings. The van der Waals surface area contributed by atoms with Gasteiger partial charge in [0, 0.05) is 25.2 Å². The molecule has 0 aliphatic carbocycles. The van der Waals surface area contributed by atoms with Crippen molar-refractivity contribution in [3.05, 3.63) is 12.2 Å². The molecular formula is C14H22N2O6S2. The van der Waals surface area contributed by atoms with Crippen molar-refractivity contribution in [1.82, 2.24) is 10.2 Å². The van der Waals surface area contributed by atoms with E-state index in [0.717, 1.165) is 24.2 Å². The Balaban J connectivity index is 2.57. The minimum atomic E-state index is -4.01. The fourth-order valence-corrected chi connectivity index (χ4v) is 3.97. The van der Waals surface area contributed by atoms with Crippen LogP contribution < -0.4 is 5.32 Å². The molecule has 24 heavy (non-hydrogen) atoms. The number of hydrogen-bond acceptors (Lipinski definition) is 7. The van der Waals surface area contributed by atoms with Crippen molar-refractivity contribution in [1.29, 1.82) is 0 Å². The summed E-state index contributed by atoms with van der Waals surface area (Å²) in [4.78, 5) is 35.9. The number of hydrogen-bond donors (Lipinski definition) is 1.